The first kappa shape index (κ1) is 16.3. The Kier molecular flexibility index (Phi) is 7.23. The maximum atomic E-state index is 11.2. The fourth-order valence-electron chi connectivity index (χ4n) is 1.06. The van der Waals surface area contributed by atoms with Crippen LogP contribution in [0.15, 0.2) is 22.0 Å². The molecule has 17 heavy (non-hydrogen) atoms. The number of allylic oxidation sites excluding steroid dienone is 1. The lowest BCUT2D eigenvalue weighted by Gasteiger charge is -2.18. The molecule has 0 aromatic heterocycles. The van der Waals surface area contributed by atoms with Crippen molar-refractivity contribution in [1.29, 1.82) is 0 Å². The third-order valence-corrected chi connectivity index (χ3v) is 3.29. The molecule has 0 unspecified atom stereocenters. The van der Waals surface area contributed by atoms with Crippen molar-refractivity contribution in [3.63, 3.8) is 0 Å². The smallest absolute Gasteiger partial charge is 0.255 e. The van der Waals surface area contributed by atoms with Crippen molar-refractivity contribution in [3.8, 4) is 0 Å². The second-order valence-corrected chi connectivity index (χ2v) is 5.86. The van der Waals surface area contributed by atoms with Gasteiger partial charge in [0.2, 0.25) is 0 Å². The molecule has 3 nitrogen and oxygen atoms in total. The Balaban J connectivity index is 4.25. The Morgan fingerprint density at radius 2 is 2.00 bits per heavy atom. The molecule has 0 aromatic carbocycles. The highest BCUT2D eigenvalue weighted by Crippen LogP contribution is 2.22. The first-order valence-corrected chi connectivity index (χ1v) is 6.72. The molecule has 0 aromatic rings. The van der Waals surface area contributed by atoms with Crippen LogP contribution in [0.5, 0.6) is 0 Å². The first-order valence-electron chi connectivity index (χ1n) is 5.84. The first-order chi connectivity index (χ1) is 7.78. The normalized spacial score (nSPS) is 13.9. The van der Waals surface area contributed by atoms with Gasteiger partial charge < -0.3 is 11.1 Å². The summed E-state index contributed by atoms with van der Waals surface area (Å²) in [5.74, 6) is -0.345. The number of rotatable bonds is 6. The fourth-order valence-corrected chi connectivity index (χ4v) is 1.85. The molecule has 0 radical (unpaired) electrons. The molecule has 0 bridgehead atoms. The van der Waals surface area contributed by atoms with E-state index in [0.717, 1.165) is 18.5 Å². The van der Waals surface area contributed by atoms with E-state index in [4.69, 9.17) is 5.73 Å². The maximum Gasteiger partial charge on any atom is 0.255 e. The summed E-state index contributed by atoms with van der Waals surface area (Å²) in [6, 6.07) is 0. The second kappa shape index (κ2) is 7.56. The minimum absolute atomic E-state index is 0.108. The summed E-state index contributed by atoms with van der Waals surface area (Å²) in [6.07, 6.45) is 2.85. The summed E-state index contributed by atoms with van der Waals surface area (Å²) < 4.78 is 0. The summed E-state index contributed by atoms with van der Waals surface area (Å²) in [5, 5.41) is 5.25. The number of hydrogen-bond acceptors (Lipinski definition) is 3. The molecule has 1 amide bonds. The molecule has 4 heteroatoms. The lowest BCUT2D eigenvalue weighted by Crippen LogP contribution is -2.35. The molecule has 0 spiro atoms. The van der Waals surface area contributed by atoms with Gasteiger partial charge in [-0.1, -0.05) is 30.3 Å². The Bertz CT molecular complexity index is 314. The lowest BCUT2D eigenvalue weighted by atomic mass is 10.1. The van der Waals surface area contributed by atoms with Gasteiger partial charge in [0.25, 0.3) is 5.91 Å². The topological polar surface area (TPSA) is 55.1 Å². The van der Waals surface area contributed by atoms with E-state index in [1.165, 1.54) is 11.8 Å². The van der Waals surface area contributed by atoms with E-state index in [0.29, 0.717) is 4.91 Å². The van der Waals surface area contributed by atoms with Crippen LogP contribution in [0, 0.1) is 0 Å². The van der Waals surface area contributed by atoms with E-state index in [-0.39, 0.29) is 11.4 Å². The Labute approximate surface area is 109 Å². The molecule has 0 atom stereocenters. The average molecular weight is 256 g/mol. The largest absolute Gasteiger partial charge is 0.365 e. The highest BCUT2D eigenvalue weighted by atomic mass is 32.2. The van der Waals surface area contributed by atoms with Gasteiger partial charge in [0.15, 0.2) is 0 Å². The van der Waals surface area contributed by atoms with Gasteiger partial charge in [-0.2, -0.15) is 0 Å². The van der Waals surface area contributed by atoms with E-state index < -0.39 is 0 Å². The number of carbonyl (C=O) groups excluding carboxylic acids is 1. The summed E-state index contributed by atoms with van der Waals surface area (Å²) in [5.41, 5.74) is 6.48. The third kappa shape index (κ3) is 8.05. The predicted molar refractivity (Wildman–Crippen MR) is 76.7 cm³/mol. The zero-order chi connectivity index (χ0) is 13.5. The van der Waals surface area contributed by atoms with Gasteiger partial charge in [-0.15, -0.1) is 0 Å². The molecule has 0 aliphatic heterocycles. The Morgan fingerprint density at radius 3 is 2.41 bits per heavy atom. The molecule has 0 saturated carbocycles. The number of nitrogens with two attached hydrogens (primary N) is 1. The zero-order valence-electron chi connectivity index (χ0n) is 11.5. The molecule has 0 aliphatic carbocycles. The van der Waals surface area contributed by atoms with Gasteiger partial charge in [-0.25, -0.2) is 0 Å². The van der Waals surface area contributed by atoms with Gasteiger partial charge in [-0.3, -0.25) is 4.79 Å². The van der Waals surface area contributed by atoms with Crippen LogP contribution in [0.3, 0.4) is 0 Å². The van der Waals surface area contributed by atoms with Crippen LogP contribution in [0.4, 0.5) is 0 Å². The van der Waals surface area contributed by atoms with Crippen LogP contribution in [0.25, 0.3) is 0 Å². The number of hydrogen-bond donors (Lipinski definition) is 2. The predicted octanol–water partition coefficient (Wildman–Crippen LogP) is 2.79. The standard InChI is InChI=1S/C13H24N2OS/c1-6-10(2)11(12(14)16)17-9-7-8-15-13(3,4)5/h7,9,15H,6,8H2,1-5H3,(H2,14,16)/b9-7+,11-10+. The SMILES string of the molecule is CC/C(C)=C(/S/C=C/CNC(C)(C)C)C(N)=O. The molecule has 0 aliphatic rings. The van der Waals surface area contributed by atoms with Crippen molar-refractivity contribution in [3.05, 3.63) is 22.0 Å². The van der Waals surface area contributed by atoms with Gasteiger partial charge in [0.1, 0.15) is 0 Å². The van der Waals surface area contributed by atoms with Crippen molar-refractivity contribution in [2.24, 2.45) is 5.73 Å². The van der Waals surface area contributed by atoms with Gasteiger partial charge in [0.05, 0.1) is 4.91 Å². The molecule has 3 N–H and O–H groups in total. The van der Waals surface area contributed by atoms with E-state index >= 15 is 0 Å². The maximum absolute atomic E-state index is 11.2. The minimum Gasteiger partial charge on any atom is -0.365 e. The van der Waals surface area contributed by atoms with Crippen LogP contribution in [0.2, 0.25) is 0 Å². The van der Waals surface area contributed by atoms with Crippen molar-refractivity contribution in [2.75, 3.05) is 6.54 Å². The van der Waals surface area contributed by atoms with E-state index in [1.807, 2.05) is 25.3 Å². The molecule has 0 heterocycles. The number of amides is 1. The summed E-state index contributed by atoms with van der Waals surface area (Å²) in [4.78, 5) is 11.9. The number of carbonyl (C=O) groups is 1. The average Bonchev–Trinajstić information content (AvgIpc) is 2.20. The van der Waals surface area contributed by atoms with E-state index in [9.17, 15) is 4.79 Å². The number of thioether (sulfide) groups is 1. The summed E-state index contributed by atoms with van der Waals surface area (Å²) in [6.45, 7) is 11.1. The van der Waals surface area contributed by atoms with Crippen molar-refractivity contribution in [1.82, 2.24) is 5.32 Å². The molecule has 0 rings (SSSR count). The van der Waals surface area contributed by atoms with Gasteiger partial charge in [0, 0.05) is 12.1 Å². The Morgan fingerprint density at radius 1 is 1.41 bits per heavy atom. The number of primary amides is 1. The minimum atomic E-state index is -0.345. The zero-order valence-corrected chi connectivity index (χ0v) is 12.3. The van der Waals surface area contributed by atoms with Gasteiger partial charge >= 0.3 is 0 Å². The van der Waals surface area contributed by atoms with Gasteiger partial charge in [-0.05, 0) is 39.5 Å². The summed E-state index contributed by atoms with van der Waals surface area (Å²) in [7, 11) is 0. The quantitative estimate of drug-likeness (QED) is 0.719. The van der Waals surface area contributed by atoms with Crippen molar-refractivity contribution in [2.45, 2.75) is 46.6 Å². The molecular weight excluding hydrogens is 232 g/mol. The lowest BCUT2D eigenvalue weighted by molar-refractivity contribution is -0.113. The molecule has 0 saturated heterocycles. The molecular formula is C13H24N2OS. The van der Waals surface area contributed by atoms with Crippen molar-refractivity contribution < 1.29 is 4.79 Å². The number of nitrogens with one attached hydrogen (secondary N) is 1. The summed E-state index contributed by atoms with van der Waals surface area (Å²) >= 11 is 1.40. The van der Waals surface area contributed by atoms with Crippen LogP contribution >= 0.6 is 11.8 Å². The van der Waals surface area contributed by atoms with Crippen LogP contribution in [-0.4, -0.2) is 18.0 Å². The van der Waals surface area contributed by atoms with E-state index in [1.54, 1.807) is 0 Å². The highest BCUT2D eigenvalue weighted by Gasteiger charge is 2.08. The monoisotopic (exact) mass is 256 g/mol. The fraction of sp³-hybridized carbons (Fsp3) is 0.615. The highest BCUT2D eigenvalue weighted by molar-refractivity contribution is 8.06. The van der Waals surface area contributed by atoms with Crippen LogP contribution in [-0.2, 0) is 4.79 Å². The molecule has 0 fully saturated rings. The van der Waals surface area contributed by atoms with Crippen LogP contribution in [0.1, 0.15) is 41.0 Å². The van der Waals surface area contributed by atoms with E-state index in [2.05, 4.69) is 26.1 Å². The third-order valence-electron chi connectivity index (χ3n) is 2.17. The second-order valence-electron chi connectivity index (χ2n) is 4.95. The van der Waals surface area contributed by atoms with Crippen LogP contribution < -0.4 is 11.1 Å². The Hall–Kier alpha value is -0.740. The van der Waals surface area contributed by atoms with Crippen molar-refractivity contribution >= 4 is 17.7 Å². The molecule has 98 valence electrons.